The number of carbonyl (C=O) groups excluding carboxylic acids is 1. The number of aliphatic carboxylic acids is 1. The molecule has 1 saturated heterocycles. The van der Waals surface area contributed by atoms with Crippen molar-refractivity contribution < 1.29 is 19.4 Å². The Hall–Kier alpha value is -1.10. The summed E-state index contributed by atoms with van der Waals surface area (Å²) in [6.45, 7) is 5.55. The average Bonchev–Trinajstić information content (AvgIpc) is 2.38. The van der Waals surface area contributed by atoms with Crippen LogP contribution in [0.3, 0.4) is 0 Å². The normalized spacial score (nSPS) is 17.9. The first-order chi connectivity index (χ1) is 9.49. The molecule has 0 aromatic carbocycles. The molecular formula is C15H27NO4. The number of hydrogen-bond acceptors (Lipinski definition) is 3. The molecule has 1 amide bonds. The van der Waals surface area contributed by atoms with Crippen molar-refractivity contribution in [3.63, 3.8) is 0 Å². The molecule has 116 valence electrons. The minimum Gasteiger partial charge on any atom is -0.480 e. The van der Waals surface area contributed by atoms with Gasteiger partial charge in [0.2, 0.25) is 5.91 Å². The van der Waals surface area contributed by atoms with Crippen LogP contribution in [0.4, 0.5) is 0 Å². The zero-order valence-corrected chi connectivity index (χ0v) is 12.6. The summed E-state index contributed by atoms with van der Waals surface area (Å²) in [6, 6.07) is -0.759. The van der Waals surface area contributed by atoms with Gasteiger partial charge in [0.25, 0.3) is 0 Å². The SMILES string of the molecule is CC(C)C[C@H](NC(=O)CCCC1CCOCC1)C(=O)O. The van der Waals surface area contributed by atoms with Crippen molar-refractivity contribution in [2.24, 2.45) is 11.8 Å². The summed E-state index contributed by atoms with van der Waals surface area (Å²) in [4.78, 5) is 22.8. The molecule has 5 heteroatoms. The summed E-state index contributed by atoms with van der Waals surface area (Å²) in [5.74, 6) is -0.192. The number of ether oxygens (including phenoxy) is 1. The third-order valence-corrected chi connectivity index (χ3v) is 3.70. The molecule has 1 aliphatic rings. The highest BCUT2D eigenvalue weighted by Crippen LogP contribution is 2.20. The van der Waals surface area contributed by atoms with Gasteiger partial charge in [0.05, 0.1) is 0 Å². The molecular weight excluding hydrogens is 258 g/mol. The predicted molar refractivity (Wildman–Crippen MR) is 76.4 cm³/mol. The van der Waals surface area contributed by atoms with Crippen LogP contribution < -0.4 is 5.32 Å². The summed E-state index contributed by atoms with van der Waals surface area (Å²) in [7, 11) is 0. The van der Waals surface area contributed by atoms with E-state index in [1.165, 1.54) is 0 Å². The van der Waals surface area contributed by atoms with Crippen LogP contribution in [-0.4, -0.2) is 36.2 Å². The number of amides is 1. The first-order valence-electron chi connectivity index (χ1n) is 7.59. The Bertz CT molecular complexity index is 311. The van der Waals surface area contributed by atoms with Crippen LogP contribution >= 0.6 is 0 Å². The first kappa shape index (κ1) is 17.0. The Morgan fingerprint density at radius 2 is 1.95 bits per heavy atom. The topological polar surface area (TPSA) is 75.6 Å². The average molecular weight is 285 g/mol. The maximum absolute atomic E-state index is 11.8. The van der Waals surface area contributed by atoms with E-state index in [-0.39, 0.29) is 11.8 Å². The molecule has 0 aromatic rings. The lowest BCUT2D eigenvalue weighted by molar-refractivity contribution is -0.142. The molecule has 5 nitrogen and oxygen atoms in total. The van der Waals surface area contributed by atoms with Crippen LogP contribution in [0.1, 0.15) is 52.4 Å². The first-order valence-corrected chi connectivity index (χ1v) is 7.59. The van der Waals surface area contributed by atoms with E-state index in [1.807, 2.05) is 13.8 Å². The number of carbonyl (C=O) groups is 2. The Balaban J connectivity index is 2.21. The maximum atomic E-state index is 11.8. The molecule has 0 unspecified atom stereocenters. The molecule has 2 N–H and O–H groups in total. The monoisotopic (exact) mass is 285 g/mol. The lowest BCUT2D eigenvalue weighted by Gasteiger charge is -2.22. The number of nitrogens with one attached hydrogen (secondary N) is 1. The molecule has 1 heterocycles. The Labute approximate surface area is 121 Å². The van der Waals surface area contributed by atoms with E-state index in [0.29, 0.717) is 18.8 Å². The van der Waals surface area contributed by atoms with Crippen LogP contribution in [0, 0.1) is 11.8 Å². The highest BCUT2D eigenvalue weighted by Gasteiger charge is 2.21. The van der Waals surface area contributed by atoms with E-state index < -0.39 is 12.0 Å². The van der Waals surface area contributed by atoms with Crippen molar-refractivity contribution >= 4 is 11.9 Å². The van der Waals surface area contributed by atoms with E-state index in [4.69, 9.17) is 9.84 Å². The molecule has 1 atom stereocenters. The van der Waals surface area contributed by atoms with Gasteiger partial charge in [-0.05, 0) is 43.9 Å². The number of rotatable bonds is 8. The van der Waals surface area contributed by atoms with Crippen LogP contribution in [0.5, 0.6) is 0 Å². The van der Waals surface area contributed by atoms with E-state index >= 15 is 0 Å². The summed E-state index contributed by atoms with van der Waals surface area (Å²) in [5.41, 5.74) is 0. The number of carboxylic acid groups (broad SMARTS) is 1. The minimum atomic E-state index is -0.948. The van der Waals surface area contributed by atoms with Gasteiger partial charge in [-0.25, -0.2) is 4.79 Å². The van der Waals surface area contributed by atoms with Crippen molar-refractivity contribution in [3.05, 3.63) is 0 Å². The lowest BCUT2D eigenvalue weighted by Crippen LogP contribution is -2.41. The largest absolute Gasteiger partial charge is 0.480 e. The Morgan fingerprint density at radius 1 is 1.30 bits per heavy atom. The third kappa shape index (κ3) is 6.89. The zero-order valence-electron chi connectivity index (χ0n) is 12.6. The second-order valence-corrected chi connectivity index (χ2v) is 6.04. The minimum absolute atomic E-state index is 0.148. The molecule has 0 aromatic heterocycles. The molecule has 1 aliphatic heterocycles. The summed E-state index contributed by atoms with van der Waals surface area (Å²) in [6.07, 6.45) is 4.89. The van der Waals surface area contributed by atoms with Gasteiger partial charge in [-0.1, -0.05) is 13.8 Å². The predicted octanol–water partition coefficient (Wildman–Crippen LogP) is 2.20. The quantitative estimate of drug-likeness (QED) is 0.717. The highest BCUT2D eigenvalue weighted by atomic mass is 16.5. The molecule has 0 aliphatic carbocycles. The molecule has 20 heavy (non-hydrogen) atoms. The molecule has 0 radical (unpaired) electrons. The van der Waals surface area contributed by atoms with Crippen molar-refractivity contribution in [1.29, 1.82) is 0 Å². The molecule has 0 saturated carbocycles. The summed E-state index contributed by atoms with van der Waals surface area (Å²) < 4.78 is 5.30. The molecule has 0 bridgehead atoms. The highest BCUT2D eigenvalue weighted by molar-refractivity contribution is 5.83. The third-order valence-electron chi connectivity index (χ3n) is 3.70. The second-order valence-electron chi connectivity index (χ2n) is 6.04. The van der Waals surface area contributed by atoms with E-state index in [9.17, 15) is 9.59 Å². The lowest BCUT2D eigenvalue weighted by atomic mass is 9.94. The van der Waals surface area contributed by atoms with Crippen LogP contribution in [0.15, 0.2) is 0 Å². The fourth-order valence-corrected chi connectivity index (χ4v) is 2.55. The molecule has 1 rings (SSSR count). The van der Waals surface area contributed by atoms with E-state index in [2.05, 4.69) is 5.32 Å². The summed E-state index contributed by atoms with van der Waals surface area (Å²) >= 11 is 0. The van der Waals surface area contributed by atoms with Crippen molar-refractivity contribution in [1.82, 2.24) is 5.32 Å². The van der Waals surface area contributed by atoms with Gasteiger partial charge < -0.3 is 15.2 Å². The Kier molecular flexibility index (Phi) is 7.59. The van der Waals surface area contributed by atoms with Gasteiger partial charge in [0.1, 0.15) is 6.04 Å². The molecule has 1 fully saturated rings. The summed E-state index contributed by atoms with van der Waals surface area (Å²) in [5, 5.41) is 11.7. The van der Waals surface area contributed by atoms with Crippen molar-refractivity contribution in [3.8, 4) is 0 Å². The fraction of sp³-hybridized carbons (Fsp3) is 0.867. The number of carboxylic acids is 1. The van der Waals surface area contributed by atoms with Gasteiger partial charge in [-0.15, -0.1) is 0 Å². The Morgan fingerprint density at radius 3 is 2.50 bits per heavy atom. The van der Waals surface area contributed by atoms with E-state index in [0.717, 1.165) is 38.9 Å². The van der Waals surface area contributed by atoms with Gasteiger partial charge in [0, 0.05) is 19.6 Å². The second kappa shape index (κ2) is 8.95. The zero-order chi connectivity index (χ0) is 15.0. The van der Waals surface area contributed by atoms with Crippen molar-refractivity contribution in [2.75, 3.05) is 13.2 Å². The van der Waals surface area contributed by atoms with Crippen LogP contribution in [0.2, 0.25) is 0 Å². The maximum Gasteiger partial charge on any atom is 0.326 e. The van der Waals surface area contributed by atoms with Crippen molar-refractivity contribution in [2.45, 2.75) is 58.4 Å². The number of hydrogen-bond donors (Lipinski definition) is 2. The van der Waals surface area contributed by atoms with Gasteiger partial charge >= 0.3 is 5.97 Å². The van der Waals surface area contributed by atoms with Gasteiger partial charge in [-0.2, -0.15) is 0 Å². The fourth-order valence-electron chi connectivity index (χ4n) is 2.55. The van der Waals surface area contributed by atoms with Crippen LogP contribution in [0.25, 0.3) is 0 Å². The van der Waals surface area contributed by atoms with E-state index in [1.54, 1.807) is 0 Å². The molecule has 0 spiro atoms. The van der Waals surface area contributed by atoms with Gasteiger partial charge in [0.15, 0.2) is 0 Å². The standard InChI is InChI=1S/C15H27NO4/c1-11(2)10-13(15(18)19)16-14(17)5-3-4-12-6-8-20-9-7-12/h11-13H,3-10H2,1-2H3,(H,16,17)(H,18,19)/t13-/m0/s1. The van der Waals surface area contributed by atoms with Gasteiger partial charge in [-0.3, -0.25) is 4.79 Å². The van der Waals surface area contributed by atoms with Crippen LogP contribution in [-0.2, 0) is 14.3 Å². The smallest absolute Gasteiger partial charge is 0.326 e.